The molecular formula is C30H54O14. The van der Waals surface area contributed by atoms with Gasteiger partial charge in [-0.25, -0.2) is 19.2 Å². The zero-order valence-electron chi connectivity index (χ0n) is 27.1. The van der Waals surface area contributed by atoms with Gasteiger partial charge < -0.3 is 49.6 Å². The van der Waals surface area contributed by atoms with E-state index in [0.717, 1.165) is 0 Å². The van der Waals surface area contributed by atoms with E-state index in [4.69, 9.17) is 24.1 Å². The number of aliphatic hydroxyl groups excluding tert-OH is 6. The number of hydrogen-bond donors (Lipinski definition) is 6. The van der Waals surface area contributed by atoms with Gasteiger partial charge in [0.1, 0.15) is 31.0 Å². The van der Waals surface area contributed by atoms with Gasteiger partial charge >= 0.3 is 23.9 Å². The molecule has 0 rings (SSSR count). The zero-order chi connectivity index (χ0) is 34.3. The predicted molar refractivity (Wildman–Crippen MR) is 156 cm³/mol. The Hall–Kier alpha value is -2.36. The Labute approximate surface area is 259 Å². The van der Waals surface area contributed by atoms with Gasteiger partial charge in [0.15, 0.2) is 6.10 Å². The third-order valence-electron chi connectivity index (χ3n) is 8.05. The van der Waals surface area contributed by atoms with Crippen molar-refractivity contribution in [1.82, 2.24) is 0 Å². The number of esters is 4. The van der Waals surface area contributed by atoms with E-state index < -0.39 is 110 Å². The molecule has 0 aliphatic rings. The second-order valence-electron chi connectivity index (χ2n) is 11.5. The van der Waals surface area contributed by atoms with Gasteiger partial charge in [-0.3, -0.25) is 0 Å². The van der Waals surface area contributed by atoms with Crippen molar-refractivity contribution in [1.29, 1.82) is 0 Å². The summed E-state index contributed by atoms with van der Waals surface area (Å²) in [6.45, 7) is 11.8. The van der Waals surface area contributed by atoms with Crippen LogP contribution in [0, 0.1) is 23.7 Å². The second-order valence-corrected chi connectivity index (χ2v) is 11.5. The van der Waals surface area contributed by atoms with Gasteiger partial charge in [-0.15, -0.1) is 0 Å². The number of rotatable bonds is 21. The van der Waals surface area contributed by atoms with E-state index in [-0.39, 0.29) is 0 Å². The first-order valence-corrected chi connectivity index (χ1v) is 15.3. The molecule has 0 aromatic rings. The van der Waals surface area contributed by atoms with Crippen LogP contribution < -0.4 is 0 Å². The quantitative estimate of drug-likeness (QED) is 0.0732. The van der Waals surface area contributed by atoms with Crippen LogP contribution in [0.1, 0.15) is 81.1 Å². The standard InChI is InChI=1S/C30H54O14/c1-9-15(5)21(34)27(37)42-25(17(7)11-3)29(39)44-26(18(8)12-4)30(40)43-24(16(6)10-2)28(38)41-14-20(33)23(36)22(35)19(32)13-31/h15-26,31-36H,9-14H2,1-8H3/t15-,16+,17+,18+,19-,20+,21+,22-,23+,24+,25+,26+/m1/s1. The second kappa shape index (κ2) is 20.6. The normalized spacial score (nSPS) is 19.9. The molecule has 0 aliphatic heterocycles. The third-order valence-corrected chi connectivity index (χ3v) is 8.05. The minimum Gasteiger partial charge on any atom is -0.460 e. The summed E-state index contributed by atoms with van der Waals surface area (Å²) >= 11 is 0. The van der Waals surface area contributed by atoms with Gasteiger partial charge in [-0.1, -0.05) is 61.8 Å². The first-order valence-electron chi connectivity index (χ1n) is 15.3. The molecule has 0 aromatic heterocycles. The van der Waals surface area contributed by atoms with Gasteiger partial charge in [0.05, 0.1) is 6.61 Å². The number of carbonyl (C=O) groups excluding carboxylic acids is 4. The van der Waals surface area contributed by atoms with Crippen LogP contribution in [0.3, 0.4) is 0 Å². The first kappa shape index (κ1) is 41.6. The van der Waals surface area contributed by atoms with Crippen molar-refractivity contribution in [2.75, 3.05) is 13.2 Å². The highest BCUT2D eigenvalue weighted by Crippen LogP contribution is 2.23. The summed E-state index contributed by atoms with van der Waals surface area (Å²) in [6.07, 6.45) is -11.8. The fourth-order valence-electron chi connectivity index (χ4n) is 3.78. The fourth-order valence-corrected chi connectivity index (χ4v) is 3.78. The van der Waals surface area contributed by atoms with E-state index in [1.807, 2.05) is 0 Å². The van der Waals surface area contributed by atoms with Crippen molar-refractivity contribution < 1.29 is 68.8 Å². The summed E-state index contributed by atoms with van der Waals surface area (Å²) in [5, 5.41) is 58.5. The number of ether oxygens (including phenoxy) is 4. The maximum absolute atomic E-state index is 13.3. The highest BCUT2D eigenvalue weighted by Gasteiger charge is 2.40. The Morgan fingerprint density at radius 1 is 0.523 bits per heavy atom. The van der Waals surface area contributed by atoms with Crippen LogP contribution >= 0.6 is 0 Å². The van der Waals surface area contributed by atoms with Crippen LogP contribution in [0.15, 0.2) is 0 Å². The molecule has 0 aromatic carbocycles. The van der Waals surface area contributed by atoms with E-state index in [1.165, 1.54) is 0 Å². The summed E-state index contributed by atoms with van der Waals surface area (Å²) in [5.41, 5.74) is 0. The molecule has 0 saturated heterocycles. The van der Waals surface area contributed by atoms with E-state index in [1.54, 1.807) is 55.4 Å². The summed E-state index contributed by atoms with van der Waals surface area (Å²) in [4.78, 5) is 52.1. The lowest BCUT2D eigenvalue weighted by Crippen LogP contribution is -2.48. The Morgan fingerprint density at radius 2 is 0.864 bits per heavy atom. The lowest BCUT2D eigenvalue weighted by molar-refractivity contribution is -0.194. The molecule has 0 radical (unpaired) electrons. The Bertz CT molecular complexity index is 882. The van der Waals surface area contributed by atoms with Gasteiger partial charge in [0.25, 0.3) is 0 Å². The third kappa shape index (κ3) is 12.6. The average Bonchev–Trinajstić information content (AvgIpc) is 3.03. The van der Waals surface area contributed by atoms with Crippen molar-refractivity contribution in [3.63, 3.8) is 0 Å². The highest BCUT2D eigenvalue weighted by molar-refractivity contribution is 5.86. The molecule has 0 unspecified atom stereocenters. The van der Waals surface area contributed by atoms with E-state index in [0.29, 0.717) is 25.7 Å². The summed E-state index contributed by atoms with van der Waals surface area (Å²) in [5.74, 6) is -6.29. The molecule has 0 saturated carbocycles. The predicted octanol–water partition coefficient (Wildman–Crippen LogP) is 0.246. The van der Waals surface area contributed by atoms with E-state index in [2.05, 4.69) is 0 Å². The molecule has 6 N–H and O–H groups in total. The summed E-state index contributed by atoms with van der Waals surface area (Å²) in [6, 6.07) is 0. The Balaban J connectivity index is 5.85. The molecule has 0 fully saturated rings. The van der Waals surface area contributed by atoms with Gasteiger partial charge in [0, 0.05) is 17.8 Å². The minimum atomic E-state index is -1.97. The summed E-state index contributed by atoms with van der Waals surface area (Å²) < 4.78 is 21.4. The molecule has 0 aliphatic carbocycles. The number of aliphatic hydroxyl groups is 6. The smallest absolute Gasteiger partial charge is 0.348 e. The molecule has 0 heterocycles. The van der Waals surface area contributed by atoms with Crippen molar-refractivity contribution >= 4 is 23.9 Å². The molecule has 0 amide bonds. The topological polar surface area (TPSA) is 227 Å². The van der Waals surface area contributed by atoms with Crippen molar-refractivity contribution in [2.24, 2.45) is 23.7 Å². The van der Waals surface area contributed by atoms with Crippen LogP contribution in [0.4, 0.5) is 0 Å². The molecule has 14 nitrogen and oxygen atoms in total. The van der Waals surface area contributed by atoms with Crippen LogP contribution in [-0.4, -0.2) is 117 Å². The Kier molecular flexibility index (Phi) is 19.5. The SMILES string of the molecule is CC[C@@H](C)[C@H](O)C(=O)O[C@H](C(=O)O[C@H](C(=O)O[C@H](C(=O)OC[C@H](O)[C@H](O)[C@H](O)[C@H](O)CO)[C@@H](C)CC)[C@@H](C)CC)[C@@H](C)CC. The molecule has 258 valence electrons. The number of hydrogen-bond acceptors (Lipinski definition) is 14. The Morgan fingerprint density at radius 3 is 1.23 bits per heavy atom. The molecule has 12 atom stereocenters. The lowest BCUT2D eigenvalue weighted by Gasteiger charge is -2.29. The van der Waals surface area contributed by atoms with Crippen LogP contribution in [0.5, 0.6) is 0 Å². The van der Waals surface area contributed by atoms with E-state index in [9.17, 15) is 44.7 Å². The van der Waals surface area contributed by atoms with Crippen molar-refractivity contribution in [2.45, 2.75) is 130 Å². The van der Waals surface area contributed by atoms with Crippen LogP contribution in [0.2, 0.25) is 0 Å². The highest BCUT2D eigenvalue weighted by atomic mass is 16.6. The maximum atomic E-state index is 13.3. The summed E-state index contributed by atoms with van der Waals surface area (Å²) in [7, 11) is 0. The fraction of sp³-hybridized carbons (Fsp3) is 0.867. The average molecular weight is 639 g/mol. The van der Waals surface area contributed by atoms with E-state index >= 15 is 0 Å². The zero-order valence-corrected chi connectivity index (χ0v) is 27.1. The monoisotopic (exact) mass is 638 g/mol. The van der Waals surface area contributed by atoms with Crippen molar-refractivity contribution in [3.05, 3.63) is 0 Å². The van der Waals surface area contributed by atoms with Crippen LogP contribution in [0.25, 0.3) is 0 Å². The molecule has 0 bridgehead atoms. The molecule has 14 heteroatoms. The van der Waals surface area contributed by atoms with Crippen molar-refractivity contribution in [3.8, 4) is 0 Å². The lowest BCUT2D eigenvalue weighted by atomic mass is 9.98. The maximum Gasteiger partial charge on any atom is 0.348 e. The molecule has 0 spiro atoms. The van der Waals surface area contributed by atoms with Crippen LogP contribution in [-0.2, 0) is 38.1 Å². The van der Waals surface area contributed by atoms with Gasteiger partial charge in [-0.05, 0) is 25.2 Å². The number of carbonyl (C=O) groups is 4. The van der Waals surface area contributed by atoms with Gasteiger partial charge in [0.2, 0.25) is 18.3 Å². The molecule has 44 heavy (non-hydrogen) atoms. The minimum absolute atomic E-state index is 0.345. The first-order chi connectivity index (χ1) is 20.5. The van der Waals surface area contributed by atoms with Gasteiger partial charge in [-0.2, -0.15) is 0 Å². The largest absolute Gasteiger partial charge is 0.460 e. The molecular weight excluding hydrogens is 584 g/mol.